The Hall–Kier alpha value is -0.570. The monoisotopic (exact) mass is 254 g/mol. The van der Waals surface area contributed by atoms with E-state index >= 15 is 0 Å². The molecule has 0 spiro atoms. The summed E-state index contributed by atoms with van der Waals surface area (Å²) in [7, 11) is 0. The van der Waals surface area contributed by atoms with E-state index < -0.39 is 0 Å². The lowest BCUT2D eigenvalue weighted by molar-refractivity contribution is -0.127. The minimum Gasteiger partial charge on any atom is -0.354 e. The Kier molecular flexibility index (Phi) is 4.82. The van der Waals surface area contributed by atoms with Gasteiger partial charge in [-0.3, -0.25) is 4.79 Å². The number of nitrogens with one attached hydrogen (secondary N) is 2. The molecule has 1 heterocycles. The number of piperidine rings is 1. The summed E-state index contributed by atoms with van der Waals surface area (Å²) in [4.78, 5) is 12.3. The lowest BCUT2D eigenvalue weighted by Gasteiger charge is -2.39. The van der Waals surface area contributed by atoms with Crippen molar-refractivity contribution in [2.24, 2.45) is 16.7 Å². The largest absolute Gasteiger partial charge is 0.354 e. The van der Waals surface area contributed by atoms with Gasteiger partial charge in [-0.05, 0) is 36.1 Å². The van der Waals surface area contributed by atoms with Crippen LogP contribution in [0.15, 0.2) is 0 Å². The minimum atomic E-state index is -0.0470. The zero-order valence-corrected chi connectivity index (χ0v) is 12.9. The summed E-state index contributed by atoms with van der Waals surface area (Å²) >= 11 is 0. The first-order valence-corrected chi connectivity index (χ1v) is 7.18. The normalized spacial score (nSPS) is 24.1. The minimum absolute atomic E-state index is 0.0470. The molecule has 1 atom stereocenters. The van der Waals surface area contributed by atoms with Gasteiger partial charge in [0, 0.05) is 6.54 Å². The Morgan fingerprint density at radius 2 is 2.06 bits per heavy atom. The highest BCUT2D eigenvalue weighted by molar-refractivity contribution is 5.82. The van der Waals surface area contributed by atoms with Crippen molar-refractivity contribution >= 4 is 5.91 Å². The number of amides is 1. The maximum atomic E-state index is 12.3. The molecule has 0 saturated carbocycles. The average molecular weight is 254 g/mol. The Morgan fingerprint density at radius 3 is 2.56 bits per heavy atom. The predicted octanol–water partition coefficient (Wildman–Crippen LogP) is 2.56. The van der Waals surface area contributed by atoms with Crippen LogP contribution in [0.5, 0.6) is 0 Å². The molecule has 3 heteroatoms. The van der Waals surface area contributed by atoms with Crippen molar-refractivity contribution in [3.63, 3.8) is 0 Å². The molecule has 3 nitrogen and oxygen atoms in total. The van der Waals surface area contributed by atoms with Crippen LogP contribution in [-0.2, 0) is 4.79 Å². The van der Waals surface area contributed by atoms with Gasteiger partial charge in [0.2, 0.25) is 5.91 Å². The molecule has 1 rings (SSSR count). The summed E-state index contributed by atoms with van der Waals surface area (Å²) < 4.78 is 0. The van der Waals surface area contributed by atoms with Gasteiger partial charge in [0.25, 0.3) is 0 Å². The third kappa shape index (κ3) is 3.71. The predicted molar refractivity (Wildman–Crippen MR) is 76.4 cm³/mol. The van der Waals surface area contributed by atoms with E-state index in [2.05, 4.69) is 52.2 Å². The standard InChI is InChI=1S/C15H30N2O/c1-11(2)15(5,6)10-17-13(18)12-14(3,4)8-7-9-16-12/h11-12,16H,7-10H2,1-6H3,(H,17,18). The second-order valence-corrected chi connectivity index (χ2v) is 7.34. The number of rotatable bonds is 4. The van der Waals surface area contributed by atoms with Crippen molar-refractivity contribution < 1.29 is 4.79 Å². The first-order chi connectivity index (χ1) is 8.17. The Bertz CT molecular complexity index is 295. The van der Waals surface area contributed by atoms with Crippen LogP contribution in [0.2, 0.25) is 0 Å². The van der Waals surface area contributed by atoms with Crippen LogP contribution in [0.3, 0.4) is 0 Å². The molecule has 0 aromatic carbocycles. The molecule has 2 N–H and O–H groups in total. The van der Waals surface area contributed by atoms with Gasteiger partial charge in [0.1, 0.15) is 0 Å². The van der Waals surface area contributed by atoms with Crippen LogP contribution in [0, 0.1) is 16.7 Å². The smallest absolute Gasteiger partial charge is 0.237 e. The van der Waals surface area contributed by atoms with Crippen LogP contribution in [0.4, 0.5) is 0 Å². The summed E-state index contributed by atoms with van der Waals surface area (Å²) in [5.74, 6) is 0.721. The van der Waals surface area contributed by atoms with Crippen molar-refractivity contribution in [1.82, 2.24) is 10.6 Å². The Morgan fingerprint density at radius 1 is 1.44 bits per heavy atom. The second kappa shape index (κ2) is 5.60. The lowest BCUT2D eigenvalue weighted by Crippen LogP contribution is -2.56. The van der Waals surface area contributed by atoms with E-state index in [1.54, 1.807) is 0 Å². The van der Waals surface area contributed by atoms with E-state index in [-0.39, 0.29) is 22.8 Å². The number of carbonyl (C=O) groups is 1. The Labute approximate surface area is 112 Å². The molecule has 0 aliphatic carbocycles. The zero-order chi connectivity index (χ0) is 14.0. The van der Waals surface area contributed by atoms with Gasteiger partial charge in [-0.2, -0.15) is 0 Å². The fraction of sp³-hybridized carbons (Fsp3) is 0.933. The SMILES string of the molecule is CC(C)C(C)(C)CNC(=O)C1NCCCC1(C)C. The highest BCUT2D eigenvalue weighted by Gasteiger charge is 2.37. The quantitative estimate of drug-likeness (QED) is 0.809. The first-order valence-electron chi connectivity index (χ1n) is 7.18. The van der Waals surface area contributed by atoms with E-state index in [4.69, 9.17) is 0 Å². The lowest BCUT2D eigenvalue weighted by atomic mass is 9.76. The van der Waals surface area contributed by atoms with E-state index in [0.29, 0.717) is 5.92 Å². The number of carbonyl (C=O) groups excluding carboxylic acids is 1. The molecule has 0 bridgehead atoms. The highest BCUT2D eigenvalue weighted by Crippen LogP contribution is 2.30. The molecule has 0 radical (unpaired) electrons. The molecule has 1 saturated heterocycles. The van der Waals surface area contributed by atoms with Crippen LogP contribution in [-0.4, -0.2) is 25.0 Å². The van der Waals surface area contributed by atoms with E-state index in [9.17, 15) is 4.79 Å². The van der Waals surface area contributed by atoms with Gasteiger partial charge < -0.3 is 10.6 Å². The maximum Gasteiger partial charge on any atom is 0.237 e. The molecule has 1 aliphatic heterocycles. The van der Waals surface area contributed by atoms with Gasteiger partial charge in [0.15, 0.2) is 0 Å². The topological polar surface area (TPSA) is 41.1 Å². The third-order valence-electron chi connectivity index (χ3n) is 4.67. The third-order valence-corrected chi connectivity index (χ3v) is 4.67. The van der Waals surface area contributed by atoms with E-state index in [0.717, 1.165) is 25.9 Å². The summed E-state index contributed by atoms with van der Waals surface area (Å²) in [6.45, 7) is 14.9. The molecule has 1 aliphatic rings. The van der Waals surface area contributed by atoms with Crippen molar-refractivity contribution in [2.75, 3.05) is 13.1 Å². The van der Waals surface area contributed by atoms with Crippen molar-refractivity contribution in [3.05, 3.63) is 0 Å². The van der Waals surface area contributed by atoms with E-state index in [1.165, 1.54) is 0 Å². The summed E-state index contributed by atoms with van der Waals surface area (Å²) in [6, 6.07) is -0.0470. The van der Waals surface area contributed by atoms with Crippen LogP contribution in [0.25, 0.3) is 0 Å². The molecule has 0 aromatic heterocycles. The fourth-order valence-electron chi connectivity index (χ4n) is 2.28. The fourth-order valence-corrected chi connectivity index (χ4v) is 2.28. The second-order valence-electron chi connectivity index (χ2n) is 7.34. The summed E-state index contributed by atoms with van der Waals surface area (Å²) in [5.41, 5.74) is 0.207. The molecule has 1 unspecified atom stereocenters. The molecular weight excluding hydrogens is 224 g/mol. The number of hydrogen-bond donors (Lipinski definition) is 2. The van der Waals surface area contributed by atoms with E-state index in [1.807, 2.05) is 0 Å². The van der Waals surface area contributed by atoms with Crippen LogP contribution in [0.1, 0.15) is 54.4 Å². The zero-order valence-electron chi connectivity index (χ0n) is 12.9. The average Bonchev–Trinajstić information content (AvgIpc) is 2.25. The van der Waals surface area contributed by atoms with Gasteiger partial charge in [-0.15, -0.1) is 0 Å². The van der Waals surface area contributed by atoms with Crippen molar-refractivity contribution in [2.45, 2.75) is 60.4 Å². The summed E-state index contributed by atoms with van der Waals surface area (Å²) in [5, 5.41) is 6.49. The van der Waals surface area contributed by atoms with Gasteiger partial charge >= 0.3 is 0 Å². The molecule has 18 heavy (non-hydrogen) atoms. The molecule has 1 amide bonds. The molecule has 0 aromatic rings. The van der Waals surface area contributed by atoms with Crippen molar-refractivity contribution in [1.29, 1.82) is 0 Å². The van der Waals surface area contributed by atoms with Crippen LogP contribution >= 0.6 is 0 Å². The van der Waals surface area contributed by atoms with Gasteiger partial charge in [-0.25, -0.2) is 0 Å². The highest BCUT2D eigenvalue weighted by atomic mass is 16.2. The molecular formula is C15H30N2O. The molecule has 106 valence electrons. The molecule has 1 fully saturated rings. The first kappa shape index (κ1) is 15.5. The van der Waals surface area contributed by atoms with Gasteiger partial charge in [-0.1, -0.05) is 41.5 Å². The number of hydrogen-bond acceptors (Lipinski definition) is 2. The maximum absolute atomic E-state index is 12.3. The van der Waals surface area contributed by atoms with Crippen LogP contribution < -0.4 is 10.6 Å². The summed E-state index contributed by atoms with van der Waals surface area (Å²) in [6.07, 6.45) is 2.28. The van der Waals surface area contributed by atoms with Crippen molar-refractivity contribution in [3.8, 4) is 0 Å². The Balaban J connectivity index is 2.55. The van der Waals surface area contributed by atoms with Gasteiger partial charge in [0.05, 0.1) is 6.04 Å².